The van der Waals surface area contributed by atoms with Gasteiger partial charge in [0.25, 0.3) is 0 Å². The first-order valence-corrected chi connectivity index (χ1v) is 18.9. The van der Waals surface area contributed by atoms with E-state index in [-0.39, 0.29) is 20.1 Å². The van der Waals surface area contributed by atoms with E-state index < -0.39 is 8.07 Å². The Bertz CT molecular complexity index is 2080. The third-order valence-corrected chi connectivity index (χ3v) is 9.97. The van der Waals surface area contributed by atoms with Crippen molar-refractivity contribution in [1.82, 2.24) is 15.0 Å². The van der Waals surface area contributed by atoms with E-state index >= 15 is 0 Å². The maximum Gasteiger partial charge on any atom is 0.216 e. The summed E-state index contributed by atoms with van der Waals surface area (Å²) in [6.07, 6.45) is 5.70. The number of furan rings is 1. The van der Waals surface area contributed by atoms with Gasteiger partial charge in [-0.1, -0.05) is 98.0 Å². The van der Waals surface area contributed by atoms with Crippen molar-refractivity contribution >= 4 is 35.3 Å². The van der Waals surface area contributed by atoms with Gasteiger partial charge in [-0.2, -0.15) is 0 Å². The maximum absolute atomic E-state index is 6.16. The number of hydrogen-bond acceptors (Lipinski definition) is 4. The Morgan fingerprint density at radius 2 is 1.52 bits per heavy atom. The Hall–Kier alpha value is -4.22. The summed E-state index contributed by atoms with van der Waals surface area (Å²) in [5, 5.41) is 3.53. The molecule has 6 heteroatoms. The van der Waals surface area contributed by atoms with Crippen LogP contribution in [0.2, 0.25) is 19.6 Å². The van der Waals surface area contributed by atoms with Crippen LogP contribution >= 0.6 is 0 Å². The van der Waals surface area contributed by atoms with E-state index in [1.807, 2.05) is 72.9 Å². The average molecular weight is 796 g/mol. The van der Waals surface area contributed by atoms with Gasteiger partial charge in [0.1, 0.15) is 0 Å². The van der Waals surface area contributed by atoms with Crippen LogP contribution in [-0.4, -0.2) is 23.0 Å². The van der Waals surface area contributed by atoms with E-state index in [4.69, 9.17) is 4.42 Å². The molecule has 0 aliphatic rings. The average Bonchev–Trinajstić information content (AvgIpc) is 3.44. The van der Waals surface area contributed by atoms with Crippen LogP contribution in [0.25, 0.3) is 55.7 Å². The molecular weight excluding hydrogens is 759 g/mol. The molecule has 1 radical (unpaired) electrons. The standard InChI is InChI=1S/C23H15N2O.C17H22NSi.Ir/c1-15-10-12-24-20(14-15)18-8-5-9-19-21-17(16-6-3-2-4-7-16)11-13-25-23(21)26-22(18)19;1-13(2)15-11-16(14-9-7-6-8-10-14)18-12-17(15)19(3,4)5;/h2-7,9-14H,1H3;6-9,11-13H,1-5H3;/q2*-1;. The molecule has 0 bridgehead atoms. The number of rotatable bonds is 5. The Labute approximate surface area is 286 Å². The second kappa shape index (κ2) is 14.0. The molecule has 0 saturated heterocycles. The molecule has 0 N–H and O–H groups in total. The number of hydrogen-bond donors (Lipinski definition) is 0. The Balaban J connectivity index is 0.000000187. The summed E-state index contributed by atoms with van der Waals surface area (Å²) >= 11 is 0. The molecule has 3 aromatic carbocycles. The predicted octanol–water partition coefficient (Wildman–Crippen LogP) is 10.0. The van der Waals surface area contributed by atoms with E-state index in [0.717, 1.165) is 55.6 Å². The molecule has 0 amide bonds. The molecule has 0 fully saturated rings. The molecule has 46 heavy (non-hydrogen) atoms. The molecule has 233 valence electrons. The Kier molecular flexibility index (Phi) is 10.1. The summed E-state index contributed by atoms with van der Waals surface area (Å²) in [7, 11) is -1.34. The molecule has 0 aliphatic heterocycles. The normalized spacial score (nSPS) is 11.3. The number of fused-ring (bicyclic) bond motifs is 3. The Morgan fingerprint density at radius 1 is 0.761 bits per heavy atom. The number of aromatic nitrogens is 3. The number of benzene rings is 3. The van der Waals surface area contributed by atoms with Crippen molar-refractivity contribution in [3.8, 4) is 33.6 Å². The zero-order valence-corrected chi connectivity index (χ0v) is 30.4. The fourth-order valence-corrected chi connectivity index (χ4v) is 7.34. The van der Waals surface area contributed by atoms with Gasteiger partial charge in [-0.25, -0.2) is 4.98 Å². The van der Waals surface area contributed by atoms with E-state index in [9.17, 15) is 0 Å². The minimum absolute atomic E-state index is 0. The molecule has 7 aromatic rings. The maximum atomic E-state index is 6.16. The van der Waals surface area contributed by atoms with E-state index in [0.29, 0.717) is 11.6 Å². The van der Waals surface area contributed by atoms with Crippen LogP contribution in [0.15, 0.2) is 114 Å². The van der Waals surface area contributed by atoms with Crippen LogP contribution in [0.3, 0.4) is 0 Å². The summed E-state index contributed by atoms with van der Waals surface area (Å²) in [5.41, 5.74) is 10.1. The van der Waals surface area contributed by atoms with Gasteiger partial charge in [0.05, 0.1) is 13.7 Å². The summed E-state index contributed by atoms with van der Waals surface area (Å²) in [6.45, 7) is 13.7. The fourth-order valence-electron chi connectivity index (χ4n) is 5.66. The molecule has 0 spiro atoms. The van der Waals surface area contributed by atoms with Gasteiger partial charge < -0.3 is 14.4 Å². The first kappa shape index (κ1) is 33.1. The van der Waals surface area contributed by atoms with E-state index in [2.05, 4.69) is 98.0 Å². The predicted molar refractivity (Wildman–Crippen MR) is 189 cm³/mol. The van der Waals surface area contributed by atoms with Crippen LogP contribution in [0.4, 0.5) is 0 Å². The molecule has 0 atom stereocenters. The summed E-state index contributed by atoms with van der Waals surface area (Å²) in [4.78, 5) is 13.6. The molecule has 7 rings (SSSR count). The number of nitrogens with zero attached hydrogens (tertiary/aromatic N) is 3. The zero-order chi connectivity index (χ0) is 31.6. The third-order valence-electron chi connectivity index (χ3n) is 7.94. The van der Waals surface area contributed by atoms with Crippen molar-refractivity contribution < 1.29 is 24.5 Å². The van der Waals surface area contributed by atoms with Crippen molar-refractivity contribution in [3.05, 3.63) is 133 Å². The summed E-state index contributed by atoms with van der Waals surface area (Å²) < 4.78 is 6.16. The van der Waals surface area contributed by atoms with Crippen molar-refractivity contribution in [2.75, 3.05) is 0 Å². The van der Waals surface area contributed by atoms with Crippen molar-refractivity contribution in [3.63, 3.8) is 0 Å². The van der Waals surface area contributed by atoms with E-state index in [1.54, 1.807) is 6.20 Å². The molecular formula is C40H37IrN3OSi-2. The van der Waals surface area contributed by atoms with Gasteiger partial charge in [0.15, 0.2) is 0 Å². The van der Waals surface area contributed by atoms with Crippen LogP contribution < -0.4 is 5.19 Å². The van der Waals surface area contributed by atoms with Gasteiger partial charge >= 0.3 is 0 Å². The minimum atomic E-state index is -1.34. The summed E-state index contributed by atoms with van der Waals surface area (Å²) in [5.74, 6) is 0.534. The molecule has 0 unspecified atom stereocenters. The van der Waals surface area contributed by atoms with Gasteiger partial charge in [0, 0.05) is 44.1 Å². The summed E-state index contributed by atoms with van der Waals surface area (Å²) in [6, 6.07) is 37.2. The topological polar surface area (TPSA) is 51.8 Å². The zero-order valence-electron chi connectivity index (χ0n) is 27.1. The van der Waals surface area contributed by atoms with Crippen molar-refractivity contribution in [2.45, 2.75) is 46.3 Å². The van der Waals surface area contributed by atoms with Gasteiger partial charge in [-0.05, 0) is 52.7 Å². The minimum Gasteiger partial charge on any atom is -0.486 e. The number of aryl methyl sites for hydroxylation is 1. The monoisotopic (exact) mass is 796 g/mol. The SMILES string of the molecule is CC(C)c1cc(-c2[c-]cccc2)ncc1[Si](C)(C)C.Cc1ccnc(-c2[c-]ccc3c2oc2nccc(-c4ccccc4)c23)c1.[Ir]. The Morgan fingerprint density at radius 3 is 2.22 bits per heavy atom. The smallest absolute Gasteiger partial charge is 0.216 e. The largest absolute Gasteiger partial charge is 0.486 e. The van der Waals surface area contributed by atoms with Crippen molar-refractivity contribution in [2.24, 2.45) is 0 Å². The van der Waals surface area contributed by atoms with Crippen LogP contribution in [0.1, 0.15) is 30.9 Å². The molecule has 4 heterocycles. The number of pyridine rings is 3. The van der Waals surface area contributed by atoms with Crippen LogP contribution in [-0.2, 0) is 20.1 Å². The van der Waals surface area contributed by atoms with E-state index in [1.165, 1.54) is 10.8 Å². The molecule has 0 saturated carbocycles. The second-order valence-electron chi connectivity index (χ2n) is 12.7. The van der Waals surface area contributed by atoms with Gasteiger partial charge in [-0.3, -0.25) is 0 Å². The first-order chi connectivity index (χ1) is 21.7. The van der Waals surface area contributed by atoms with Crippen molar-refractivity contribution in [1.29, 1.82) is 0 Å². The van der Waals surface area contributed by atoms with Crippen LogP contribution in [0.5, 0.6) is 0 Å². The van der Waals surface area contributed by atoms with Gasteiger partial charge in [0.2, 0.25) is 5.71 Å². The second-order valence-corrected chi connectivity index (χ2v) is 17.7. The molecule has 4 aromatic heterocycles. The van der Waals surface area contributed by atoms with Crippen LogP contribution in [0, 0.1) is 19.1 Å². The third kappa shape index (κ3) is 6.95. The van der Waals surface area contributed by atoms with Gasteiger partial charge in [-0.15, -0.1) is 54.1 Å². The fraction of sp³-hybridized carbons (Fsp3) is 0.175. The molecule has 0 aliphatic carbocycles. The first-order valence-electron chi connectivity index (χ1n) is 15.4. The molecule has 4 nitrogen and oxygen atoms in total. The quantitative estimate of drug-likeness (QED) is 0.129.